The molecule has 0 saturated heterocycles. The van der Waals surface area contributed by atoms with Crippen LogP contribution >= 0.6 is 22.6 Å². The summed E-state index contributed by atoms with van der Waals surface area (Å²) in [5.41, 5.74) is 6.26. The van der Waals surface area contributed by atoms with E-state index in [-0.39, 0.29) is 17.4 Å². The Hall–Kier alpha value is -0.140. The van der Waals surface area contributed by atoms with Gasteiger partial charge in [0.15, 0.2) is 9.84 Å². The standard InChI is InChI=1S/C11H16INO2S/c1-9(6-13)7-16(14,15)8-10-2-4-11(12)5-3-10/h2-5,9H,6-8,13H2,1H3. The van der Waals surface area contributed by atoms with Crippen LogP contribution in [0.25, 0.3) is 0 Å². The molecule has 0 radical (unpaired) electrons. The largest absolute Gasteiger partial charge is 0.330 e. The normalized spacial score (nSPS) is 13.7. The van der Waals surface area contributed by atoms with Gasteiger partial charge in [0, 0.05) is 3.57 Å². The first-order valence-corrected chi connectivity index (χ1v) is 7.98. The summed E-state index contributed by atoms with van der Waals surface area (Å²) >= 11 is 2.19. The van der Waals surface area contributed by atoms with E-state index < -0.39 is 9.84 Å². The molecule has 0 bridgehead atoms. The summed E-state index contributed by atoms with van der Waals surface area (Å²) in [4.78, 5) is 0. The third-order valence-corrected chi connectivity index (χ3v) is 4.81. The molecule has 1 aromatic rings. The van der Waals surface area contributed by atoms with Crippen molar-refractivity contribution in [2.75, 3.05) is 12.3 Å². The molecule has 16 heavy (non-hydrogen) atoms. The van der Waals surface area contributed by atoms with Crippen LogP contribution in [0.4, 0.5) is 0 Å². The highest BCUT2D eigenvalue weighted by Crippen LogP contribution is 2.12. The van der Waals surface area contributed by atoms with E-state index in [1.807, 2.05) is 31.2 Å². The quantitative estimate of drug-likeness (QED) is 0.822. The van der Waals surface area contributed by atoms with E-state index in [0.717, 1.165) is 9.13 Å². The molecule has 5 heteroatoms. The second-order valence-corrected chi connectivity index (χ2v) is 7.38. The summed E-state index contributed by atoms with van der Waals surface area (Å²) in [7, 11) is -3.04. The van der Waals surface area contributed by atoms with Crippen LogP contribution in [-0.2, 0) is 15.6 Å². The van der Waals surface area contributed by atoms with Crippen LogP contribution in [0.15, 0.2) is 24.3 Å². The third kappa shape index (κ3) is 4.80. The fourth-order valence-electron chi connectivity index (χ4n) is 1.40. The van der Waals surface area contributed by atoms with Crippen molar-refractivity contribution < 1.29 is 8.42 Å². The van der Waals surface area contributed by atoms with Crippen molar-refractivity contribution in [1.82, 2.24) is 0 Å². The first-order chi connectivity index (χ1) is 7.43. The number of hydrogen-bond acceptors (Lipinski definition) is 3. The minimum Gasteiger partial charge on any atom is -0.330 e. The number of nitrogens with two attached hydrogens (primary N) is 1. The fraction of sp³-hybridized carbons (Fsp3) is 0.455. The van der Waals surface area contributed by atoms with Gasteiger partial charge in [0.05, 0.1) is 11.5 Å². The zero-order valence-electron chi connectivity index (χ0n) is 9.19. The molecule has 90 valence electrons. The molecule has 1 aromatic carbocycles. The molecule has 1 unspecified atom stereocenters. The molecule has 0 aliphatic heterocycles. The highest BCUT2D eigenvalue weighted by molar-refractivity contribution is 14.1. The zero-order chi connectivity index (χ0) is 12.2. The van der Waals surface area contributed by atoms with Crippen LogP contribution in [0.1, 0.15) is 12.5 Å². The Morgan fingerprint density at radius 1 is 1.31 bits per heavy atom. The van der Waals surface area contributed by atoms with E-state index in [9.17, 15) is 8.42 Å². The lowest BCUT2D eigenvalue weighted by atomic mass is 10.2. The third-order valence-electron chi connectivity index (χ3n) is 2.24. The van der Waals surface area contributed by atoms with Crippen LogP contribution in [0.5, 0.6) is 0 Å². The van der Waals surface area contributed by atoms with Gasteiger partial charge in [-0.2, -0.15) is 0 Å². The maximum atomic E-state index is 11.8. The molecule has 0 heterocycles. The van der Waals surface area contributed by atoms with E-state index in [1.54, 1.807) is 0 Å². The Kier molecular flexibility index (Phi) is 5.20. The van der Waals surface area contributed by atoms with E-state index in [2.05, 4.69) is 22.6 Å². The summed E-state index contributed by atoms with van der Waals surface area (Å²) < 4.78 is 24.7. The maximum absolute atomic E-state index is 11.8. The predicted molar refractivity (Wildman–Crippen MR) is 74.9 cm³/mol. The number of hydrogen-bond donors (Lipinski definition) is 1. The molecule has 1 rings (SSSR count). The second kappa shape index (κ2) is 5.97. The second-order valence-electron chi connectivity index (χ2n) is 4.02. The van der Waals surface area contributed by atoms with E-state index >= 15 is 0 Å². The van der Waals surface area contributed by atoms with Crippen molar-refractivity contribution in [2.45, 2.75) is 12.7 Å². The van der Waals surface area contributed by atoms with Crippen molar-refractivity contribution in [2.24, 2.45) is 11.7 Å². The smallest absolute Gasteiger partial charge is 0.154 e. The van der Waals surface area contributed by atoms with Gasteiger partial charge in [0.2, 0.25) is 0 Å². The first kappa shape index (κ1) is 13.9. The molecule has 0 amide bonds. The Labute approximate surface area is 110 Å². The summed E-state index contributed by atoms with van der Waals surface area (Å²) in [6, 6.07) is 7.54. The average molecular weight is 353 g/mol. The van der Waals surface area contributed by atoms with Crippen LogP contribution in [0.2, 0.25) is 0 Å². The van der Waals surface area contributed by atoms with Gasteiger partial charge < -0.3 is 5.73 Å². The van der Waals surface area contributed by atoms with Gasteiger partial charge in [-0.05, 0) is 52.7 Å². The van der Waals surface area contributed by atoms with E-state index in [1.165, 1.54) is 0 Å². The van der Waals surface area contributed by atoms with E-state index in [0.29, 0.717) is 6.54 Å². The molecular formula is C11H16INO2S. The van der Waals surface area contributed by atoms with Crippen molar-refractivity contribution in [3.05, 3.63) is 33.4 Å². The molecule has 0 aliphatic carbocycles. The summed E-state index contributed by atoms with van der Waals surface area (Å²) in [6.07, 6.45) is 0. The Bertz CT molecular complexity index is 428. The van der Waals surface area contributed by atoms with Gasteiger partial charge in [0.25, 0.3) is 0 Å². The average Bonchev–Trinajstić information content (AvgIpc) is 2.20. The lowest BCUT2D eigenvalue weighted by Crippen LogP contribution is -2.22. The molecule has 0 spiro atoms. The van der Waals surface area contributed by atoms with Gasteiger partial charge in [-0.1, -0.05) is 19.1 Å². The minimum absolute atomic E-state index is 0.0221. The molecule has 0 fully saturated rings. The summed E-state index contributed by atoms with van der Waals surface area (Å²) in [5.74, 6) is 0.290. The summed E-state index contributed by atoms with van der Waals surface area (Å²) in [5, 5.41) is 0. The van der Waals surface area contributed by atoms with Gasteiger partial charge >= 0.3 is 0 Å². The minimum atomic E-state index is -3.04. The summed E-state index contributed by atoms with van der Waals surface area (Å²) in [6.45, 7) is 2.26. The zero-order valence-corrected chi connectivity index (χ0v) is 12.2. The van der Waals surface area contributed by atoms with Gasteiger partial charge in [0.1, 0.15) is 0 Å². The van der Waals surface area contributed by atoms with Crippen LogP contribution < -0.4 is 5.73 Å². The SMILES string of the molecule is CC(CN)CS(=O)(=O)Cc1ccc(I)cc1. The fourth-order valence-corrected chi connectivity index (χ4v) is 3.58. The molecular weight excluding hydrogens is 337 g/mol. The van der Waals surface area contributed by atoms with Crippen LogP contribution in [0, 0.1) is 9.49 Å². The highest BCUT2D eigenvalue weighted by Gasteiger charge is 2.15. The highest BCUT2D eigenvalue weighted by atomic mass is 127. The maximum Gasteiger partial charge on any atom is 0.154 e. The number of rotatable bonds is 5. The molecule has 0 saturated carbocycles. The van der Waals surface area contributed by atoms with Crippen molar-refractivity contribution in [3.8, 4) is 0 Å². The van der Waals surface area contributed by atoms with E-state index in [4.69, 9.17) is 5.73 Å². The van der Waals surface area contributed by atoms with Crippen molar-refractivity contribution in [3.63, 3.8) is 0 Å². The molecule has 1 atom stereocenters. The van der Waals surface area contributed by atoms with Crippen molar-refractivity contribution in [1.29, 1.82) is 0 Å². The number of sulfone groups is 1. The van der Waals surface area contributed by atoms with Gasteiger partial charge in [-0.15, -0.1) is 0 Å². The number of benzene rings is 1. The topological polar surface area (TPSA) is 60.2 Å². The first-order valence-electron chi connectivity index (χ1n) is 5.08. The monoisotopic (exact) mass is 353 g/mol. The lowest BCUT2D eigenvalue weighted by Gasteiger charge is -2.09. The predicted octanol–water partition coefficient (Wildman–Crippen LogP) is 1.80. The van der Waals surface area contributed by atoms with Crippen molar-refractivity contribution >= 4 is 32.4 Å². The Morgan fingerprint density at radius 2 is 1.88 bits per heavy atom. The van der Waals surface area contributed by atoms with Gasteiger partial charge in [-0.3, -0.25) is 0 Å². The Balaban J connectivity index is 2.69. The molecule has 0 aliphatic rings. The molecule has 0 aromatic heterocycles. The van der Waals surface area contributed by atoms with Crippen LogP contribution in [-0.4, -0.2) is 20.7 Å². The van der Waals surface area contributed by atoms with Crippen LogP contribution in [0.3, 0.4) is 0 Å². The molecule has 3 nitrogen and oxygen atoms in total. The molecule has 2 N–H and O–H groups in total. The van der Waals surface area contributed by atoms with Gasteiger partial charge in [-0.25, -0.2) is 8.42 Å². The lowest BCUT2D eigenvalue weighted by molar-refractivity contribution is 0.573. The Morgan fingerprint density at radius 3 is 2.38 bits per heavy atom. The number of halogens is 1.